The lowest BCUT2D eigenvalue weighted by atomic mass is 9.89. The molecule has 3 aromatic carbocycles. The summed E-state index contributed by atoms with van der Waals surface area (Å²) in [4.78, 5) is 31.6. The molecule has 1 amide bonds. The van der Waals surface area contributed by atoms with Crippen LogP contribution in [0.2, 0.25) is 0 Å². The Morgan fingerprint density at radius 1 is 0.938 bits per heavy atom. The van der Waals surface area contributed by atoms with Gasteiger partial charge >= 0.3 is 5.97 Å². The molecule has 0 aliphatic heterocycles. The zero-order valence-electron chi connectivity index (χ0n) is 17.6. The number of hydrogen-bond acceptors (Lipinski definition) is 3. The monoisotopic (exact) mass is 427 g/mol. The molecule has 0 radical (unpaired) electrons. The van der Waals surface area contributed by atoms with Gasteiger partial charge in [-0.15, -0.1) is 0 Å². The summed E-state index contributed by atoms with van der Waals surface area (Å²) in [5.74, 6) is -0.235. The second kappa shape index (κ2) is 9.92. The lowest BCUT2D eigenvalue weighted by molar-refractivity contribution is -0.137. The first kappa shape index (κ1) is 21.3. The number of nitrogens with zero attached hydrogens (tertiary/aromatic N) is 1. The zero-order chi connectivity index (χ0) is 22.3. The molecule has 3 N–H and O–H groups in total. The third-order valence-corrected chi connectivity index (χ3v) is 5.48. The maximum Gasteiger partial charge on any atom is 0.303 e. The smallest absolute Gasteiger partial charge is 0.303 e. The number of imidazole rings is 1. The van der Waals surface area contributed by atoms with Gasteiger partial charge in [0.05, 0.1) is 17.5 Å². The number of hydrogen-bond donors (Lipinski definition) is 3. The first-order valence-corrected chi connectivity index (χ1v) is 10.7. The molecule has 1 heterocycles. The van der Waals surface area contributed by atoms with Gasteiger partial charge in [-0.2, -0.15) is 0 Å². The number of carbonyl (C=O) groups excluding carboxylic acids is 1. The van der Waals surface area contributed by atoms with E-state index < -0.39 is 5.97 Å². The number of aromatic nitrogens is 2. The molecule has 6 nitrogen and oxygen atoms in total. The standard InChI is InChI=1S/C26H25N3O3/c30-25(31)17-21(19-6-2-1-3-7-19)16-18-10-12-20(13-11-18)26(32)27-15-14-24-28-22-8-4-5-9-23(22)29-24/h1-13,21H,14-17H2,(H,27,32)(H,28,29)(H,30,31). The molecule has 0 bridgehead atoms. The van der Waals surface area contributed by atoms with Crippen LogP contribution in [0, 0.1) is 0 Å². The number of para-hydroxylation sites is 2. The van der Waals surface area contributed by atoms with Gasteiger partial charge in [-0.1, -0.05) is 54.6 Å². The molecule has 6 heteroatoms. The lowest BCUT2D eigenvalue weighted by Gasteiger charge is -2.16. The molecule has 162 valence electrons. The van der Waals surface area contributed by atoms with Crippen LogP contribution in [0.25, 0.3) is 11.0 Å². The summed E-state index contributed by atoms with van der Waals surface area (Å²) >= 11 is 0. The minimum Gasteiger partial charge on any atom is -0.481 e. The minimum absolute atomic E-state index is 0.0635. The van der Waals surface area contributed by atoms with E-state index in [2.05, 4.69) is 15.3 Å². The predicted molar refractivity (Wildman–Crippen MR) is 124 cm³/mol. The Bertz CT molecular complexity index is 1170. The maximum absolute atomic E-state index is 12.5. The summed E-state index contributed by atoms with van der Waals surface area (Å²) in [6.07, 6.45) is 1.28. The van der Waals surface area contributed by atoms with Crippen LogP contribution in [0.15, 0.2) is 78.9 Å². The van der Waals surface area contributed by atoms with Crippen LogP contribution >= 0.6 is 0 Å². The number of H-pyrrole nitrogens is 1. The van der Waals surface area contributed by atoms with Crippen LogP contribution < -0.4 is 5.32 Å². The van der Waals surface area contributed by atoms with Crippen molar-refractivity contribution in [1.82, 2.24) is 15.3 Å². The van der Waals surface area contributed by atoms with E-state index >= 15 is 0 Å². The number of fused-ring (bicyclic) bond motifs is 1. The van der Waals surface area contributed by atoms with Gasteiger partial charge in [-0.25, -0.2) is 4.98 Å². The Hall–Kier alpha value is -3.93. The van der Waals surface area contributed by atoms with E-state index in [1.54, 1.807) is 12.1 Å². The van der Waals surface area contributed by atoms with Crippen LogP contribution in [-0.4, -0.2) is 33.5 Å². The molecule has 0 saturated heterocycles. The van der Waals surface area contributed by atoms with Crippen molar-refractivity contribution in [2.24, 2.45) is 0 Å². The van der Waals surface area contributed by atoms with Gasteiger partial charge in [-0.3, -0.25) is 9.59 Å². The summed E-state index contributed by atoms with van der Waals surface area (Å²) in [6.45, 7) is 0.481. The minimum atomic E-state index is -0.820. The highest BCUT2D eigenvalue weighted by Gasteiger charge is 2.16. The maximum atomic E-state index is 12.5. The molecule has 0 aliphatic rings. The van der Waals surface area contributed by atoms with E-state index in [4.69, 9.17) is 0 Å². The van der Waals surface area contributed by atoms with Gasteiger partial charge in [0.1, 0.15) is 5.82 Å². The average Bonchev–Trinajstić information content (AvgIpc) is 3.22. The number of carboxylic acid groups (broad SMARTS) is 1. The van der Waals surface area contributed by atoms with E-state index in [0.29, 0.717) is 24.9 Å². The molecular weight excluding hydrogens is 402 g/mol. The fourth-order valence-electron chi connectivity index (χ4n) is 3.84. The van der Waals surface area contributed by atoms with Crippen LogP contribution in [-0.2, 0) is 17.6 Å². The number of benzene rings is 3. The second-order valence-corrected chi connectivity index (χ2v) is 7.81. The Kier molecular flexibility index (Phi) is 6.60. The summed E-state index contributed by atoms with van der Waals surface area (Å²) in [7, 11) is 0. The first-order chi connectivity index (χ1) is 15.6. The van der Waals surface area contributed by atoms with Gasteiger partial charge in [0, 0.05) is 18.5 Å². The second-order valence-electron chi connectivity index (χ2n) is 7.81. The Morgan fingerprint density at radius 3 is 2.38 bits per heavy atom. The van der Waals surface area contributed by atoms with E-state index in [0.717, 1.165) is 28.0 Å². The Morgan fingerprint density at radius 2 is 1.66 bits per heavy atom. The lowest BCUT2D eigenvalue weighted by Crippen LogP contribution is -2.25. The summed E-state index contributed by atoms with van der Waals surface area (Å²) in [5.41, 5.74) is 4.48. The van der Waals surface area contributed by atoms with Crippen molar-refractivity contribution in [3.05, 3.63) is 101 Å². The van der Waals surface area contributed by atoms with Gasteiger partial charge in [0.25, 0.3) is 5.91 Å². The number of nitrogens with one attached hydrogen (secondary N) is 2. The molecule has 1 aromatic heterocycles. The summed E-state index contributed by atoms with van der Waals surface area (Å²) in [5, 5.41) is 12.2. The first-order valence-electron chi connectivity index (χ1n) is 10.7. The normalized spacial score (nSPS) is 11.9. The molecule has 1 atom stereocenters. The van der Waals surface area contributed by atoms with Crippen molar-refractivity contribution in [1.29, 1.82) is 0 Å². The number of carbonyl (C=O) groups is 2. The number of aliphatic carboxylic acids is 1. The van der Waals surface area contributed by atoms with E-state index in [1.165, 1.54) is 0 Å². The highest BCUT2D eigenvalue weighted by Crippen LogP contribution is 2.24. The fourth-order valence-corrected chi connectivity index (χ4v) is 3.84. The van der Waals surface area contributed by atoms with Crippen molar-refractivity contribution >= 4 is 22.9 Å². The largest absolute Gasteiger partial charge is 0.481 e. The van der Waals surface area contributed by atoms with Gasteiger partial charge in [0.15, 0.2) is 0 Å². The van der Waals surface area contributed by atoms with Crippen molar-refractivity contribution in [3.8, 4) is 0 Å². The van der Waals surface area contributed by atoms with Crippen LogP contribution in [0.5, 0.6) is 0 Å². The number of amides is 1. The van der Waals surface area contributed by atoms with E-state index in [1.807, 2.05) is 66.7 Å². The van der Waals surface area contributed by atoms with Crippen LogP contribution in [0.3, 0.4) is 0 Å². The van der Waals surface area contributed by atoms with Crippen LogP contribution in [0.1, 0.15) is 39.6 Å². The van der Waals surface area contributed by atoms with Gasteiger partial charge in [-0.05, 0) is 47.7 Å². The quantitative estimate of drug-likeness (QED) is 0.370. The molecule has 4 rings (SSSR count). The third kappa shape index (κ3) is 5.40. The summed E-state index contributed by atoms with van der Waals surface area (Å²) in [6, 6.07) is 24.9. The fraction of sp³-hybridized carbons (Fsp3) is 0.192. The van der Waals surface area contributed by atoms with E-state index in [9.17, 15) is 14.7 Å². The van der Waals surface area contributed by atoms with Crippen LogP contribution in [0.4, 0.5) is 0 Å². The Labute approximate surface area is 186 Å². The number of rotatable bonds is 9. The molecule has 0 fully saturated rings. The van der Waals surface area contributed by atoms with Crippen molar-refractivity contribution in [3.63, 3.8) is 0 Å². The Balaban J connectivity index is 1.33. The van der Waals surface area contributed by atoms with Gasteiger partial charge < -0.3 is 15.4 Å². The molecule has 0 aliphatic carbocycles. The topological polar surface area (TPSA) is 95.1 Å². The van der Waals surface area contributed by atoms with Crippen molar-refractivity contribution in [2.45, 2.75) is 25.2 Å². The molecule has 0 saturated carbocycles. The number of carboxylic acids is 1. The highest BCUT2D eigenvalue weighted by atomic mass is 16.4. The predicted octanol–water partition coefficient (Wildman–Crippen LogP) is 4.34. The molecular formula is C26H25N3O3. The zero-order valence-corrected chi connectivity index (χ0v) is 17.6. The molecule has 4 aromatic rings. The molecule has 0 spiro atoms. The SMILES string of the molecule is O=C(O)CC(Cc1ccc(C(=O)NCCc2nc3ccccc3[nH]2)cc1)c1ccccc1. The average molecular weight is 428 g/mol. The summed E-state index contributed by atoms with van der Waals surface area (Å²) < 4.78 is 0. The van der Waals surface area contributed by atoms with E-state index in [-0.39, 0.29) is 18.2 Å². The van der Waals surface area contributed by atoms with Gasteiger partial charge in [0.2, 0.25) is 0 Å². The molecule has 32 heavy (non-hydrogen) atoms. The highest BCUT2D eigenvalue weighted by molar-refractivity contribution is 5.94. The molecule has 1 unspecified atom stereocenters. The van der Waals surface area contributed by atoms with Crippen molar-refractivity contribution in [2.75, 3.05) is 6.54 Å². The number of aromatic amines is 1. The third-order valence-electron chi connectivity index (χ3n) is 5.48. The van der Waals surface area contributed by atoms with Crippen molar-refractivity contribution < 1.29 is 14.7 Å².